The highest BCUT2D eigenvalue weighted by Crippen LogP contribution is 2.02. The fourth-order valence-electron chi connectivity index (χ4n) is 1.01. The average Bonchev–Trinajstić information content (AvgIpc) is 2.60. The van der Waals surface area contributed by atoms with E-state index in [-0.39, 0.29) is 0 Å². The number of hydrogen-bond donors (Lipinski definition) is 1. The Labute approximate surface area is 78.3 Å². The van der Waals surface area contributed by atoms with E-state index in [4.69, 9.17) is 0 Å². The van der Waals surface area contributed by atoms with Crippen LogP contribution in [0.2, 0.25) is 0 Å². The molecule has 1 aromatic heterocycles. The third-order valence-corrected chi connectivity index (χ3v) is 1.65. The van der Waals surface area contributed by atoms with Gasteiger partial charge in [0.25, 0.3) is 0 Å². The Morgan fingerprint density at radius 3 is 3.15 bits per heavy atom. The molecule has 1 N–H and O–H groups in total. The van der Waals surface area contributed by atoms with Crippen LogP contribution in [0.4, 0.5) is 5.82 Å². The van der Waals surface area contributed by atoms with Crippen molar-refractivity contribution in [2.75, 3.05) is 11.9 Å². The fraction of sp³-hybridized carbons (Fsp3) is 0.556. The molecule has 0 radical (unpaired) electrons. The molecule has 0 unspecified atom stereocenters. The van der Waals surface area contributed by atoms with E-state index in [9.17, 15) is 0 Å². The Morgan fingerprint density at radius 1 is 1.62 bits per heavy atom. The van der Waals surface area contributed by atoms with Gasteiger partial charge in [0.15, 0.2) is 0 Å². The first-order valence-electron chi connectivity index (χ1n) is 4.40. The van der Waals surface area contributed by atoms with Gasteiger partial charge in [-0.15, -0.1) is 16.9 Å². The van der Waals surface area contributed by atoms with Gasteiger partial charge in [-0.3, -0.25) is 0 Å². The summed E-state index contributed by atoms with van der Waals surface area (Å²) < 4.78 is 1.82. The number of nitrogens with one attached hydrogen (secondary N) is 1. The Balaban J connectivity index is 2.38. The van der Waals surface area contributed by atoms with Crippen molar-refractivity contribution in [3.63, 3.8) is 0 Å². The SMILES string of the molecule is CC#CCCNc1cnnn1CC. The van der Waals surface area contributed by atoms with E-state index < -0.39 is 0 Å². The van der Waals surface area contributed by atoms with Crippen LogP contribution in [0.1, 0.15) is 20.3 Å². The molecule has 0 saturated heterocycles. The van der Waals surface area contributed by atoms with E-state index in [0.717, 1.165) is 25.3 Å². The first-order valence-corrected chi connectivity index (χ1v) is 4.40. The van der Waals surface area contributed by atoms with Crippen molar-refractivity contribution in [3.05, 3.63) is 6.20 Å². The zero-order valence-electron chi connectivity index (χ0n) is 8.04. The van der Waals surface area contributed by atoms with Crippen molar-refractivity contribution < 1.29 is 0 Å². The predicted octanol–water partition coefficient (Wildman–Crippen LogP) is 1.12. The summed E-state index contributed by atoms with van der Waals surface area (Å²) in [5.74, 6) is 6.79. The number of rotatable bonds is 4. The standard InChI is InChI=1S/C9H14N4/c1-3-5-6-7-10-9-8-11-12-13(9)4-2/h8,10H,4,6-7H2,1-2H3. The minimum atomic E-state index is 0.835. The maximum atomic E-state index is 3.90. The lowest BCUT2D eigenvalue weighted by atomic mass is 10.4. The van der Waals surface area contributed by atoms with Crippen molar-refractivity contribution in [1.29, 1.82) is 0 Å². The quantitative estimate of drug-likeness (QED) is 0.555. The zero-order valence-corrected chi connectivity index (χ0v) is 8.04. The van der Waals surface area contributed by atoms with Crippen LogP contribution in [-0.2, 0) is 6.54 Å². The highest BCUT2D eigenvalue weighted by molar-refractivity contribution is 5.30. The van der Waals surface area contributed by atoms with Crippen LogP contribution in [0.25, 0.3) is 0 Å². The van der Waals surface area contributed by atoms with E-state index in [0.29, 0.717) is 0 Å². The molecule has 0 atom stereocenters. The van der Waals surface area contributed by atoms with Crippen LogP contribution in [0.5, 0.6) is 0 Å². The molecule has 4 nitrogen and oxygen atoms in total. The Bertz CT molecular complexity index is 305. The summed E-state index contributed by atoms with van der Waals surface area (Å²) in [5.41, 5.74) is 0. The second kappa shape index (κ2) is 5.20. The fourth-order valence-corrected chi connectivity index (χ4v) is 1.01. The van der Waals surface area contributed by atoms with Crippen LogP contribution in [0.15, 0.2) is 6.20 Å². The van der Waals surface area contributed by atoms with Crippen LogP contribution < -0.4 is 5.32 Å². The summed E-state index contributed by atoms with van der Waals surface area (Å²) in [6.07, 6.45) is 2.58. The van der Waals surface area contributed by atoms with Gasteiger partial charge in [0.1, 0.15) is 5.82 Å². The highest BCUT2D eigenvalue weighted by atomic mass is 15.4. The summed E-state index contributed by atoms with van der Waals surface area (Å²) in [6, 6.07) is 0. The maximum Gasteiger partial charge on any atom is 0.144 e. The van der Waals surface area contributed by atoms with Crippen LogP contribution in [0, 0.1) is 11.8 Å². The van der Waals surface area contributed by atoms with Crippen molar-refractivity contribution in [1.82, 2.24) is 15.0 Å². The Kier molecular flexibility index (Phi) is 3.83. The highest BCUT2D eigenvalue weighted by Gasteiger charge is 1.98. The molecule has 0 fully saturated rings. The lowest BCUT2D eigenvalue weighted by Gasteiger charge is -2.03. The minimum absolute atomic E-state index is 0.835. The molecule has 0 spiro atoms. The number of aromatic nitrogens is 3. The molecular weight excluding hydrogens is 164 g/mol. The van der Waals surface area contributed by atoms with Crippen LogP contribution >= 0.6 is 0 Å². The van der Waals surface area contributed by atoms with Gasteiger partial charge < -0.3 is 5.32 Å². The smallest absolute Gasteiger partial charge is 0.144 e. The van der Waals surface area contributed by atoms with Gasteiger partial charge in [-0.2, -0.15) is 0 Å². The van der Waals surface area contributed by atoms with Crippen molar-refractivity contribution in [3.8, 4) is 11.8 Å². The second-order valence-electron chi connectivity index (χ2n) is 2.54. The first-order chi connectivity index (χ1) is 6.38. The van der Waals surface area contributed by atoms with Crippen molar-refractivity contribution in [2.24, 2.45) is 0 Å². The maximum absolute atomic E-state index is 3.90. The van der Waals surface area contributed by atoms with E-state index >= 15 is 0 Å². The van der Waals surface area contributed by atoms with Crippen LogP contribution in [-0.4, -0.2) is 21.5 Å². The molecule has 0 aliphatic rings. The summed E-state index contributed by atoms with van der Waals surface area (Å²) >= 11 is 0. The third-order valence-electron chi connectivity index (χ3n) is 1.65. The largest absolute Gasteiger partial charge is 0.368 e. The molecule has 1 rings (SSSR count). The lowest BCUT2D eigenvalue weighted by molar-refractivity contribution is 0.631. The van der Waals surface area contributed by atoms with Crippen LogP contribution in [0.3, 0.4) is 0 Å². The molecule has 4 heteroatoms. The molecule has 0 amide bonds. The summed E-state index contributed by atoms with van der Waals surface area (Å²) in [4.78, 5) is 0. The Hall–Kier alpha value is -1.50. The van der Waals surface area contributed by atoms with E-state index in [2.05, 4.69) is 27.5 Å². The number of nitrogens with zero attached hydrogens (tertiary/aromatic N) is 3. The monoisotopic (exact) mass is 178 g/mol. The molecule has 1 aromatic rings. The zero-order chi connectivity index (χ0) is 9.52. The molecule has 0 aliphatic heterocycles. The minimum Gasteiger partial charge on any atom is -0.368 e. The van der Waals surface area contributed by atoms with Gasteiger partial charge >= 0.3 is 0 Å². The molecule has 70 valence electrons. The van der Waals surface area contributed by atoms with Crippen molar-refractivity contribution in [2.45, 2.75) is 26.8 Å². The van der Waals surface area contributed by atoms with Gasteiger partial charge in [-0.1, -0.05) is 5.21 Å². The van der Waals surface area contributed by atoms with E-state index in [1.165, 1.54) is 0 Å². The molecule has 0 saturated carbocycles. The molecule has 13 heavy (non-hydrogen) atoms. The predicted molar refractivity (Wildman–Crippen MR) is 52.3 cm³/mol. The first kappa shape index (κ1) is 9.59. The van der Waals surface area contributed by atoms with E-state index in [1.54, 1.807) is 6.20 Å². The average molecular weight is 178 g/mol. The summed E-state index contributed by atoms with van der Waals surface area (Å²) in [6.45, 7) is 5.56. The van der Waals surface area contributed by atoms with E-state index in [1.807, 2.05) is 18.5 Å². The number of anilines is 1. The van der Waals surface area contributed by atoms with Gasteiger partial charge in [-0.05, 0) is 13.8 Å². The summed E-state index contributed by atoms with van der Waals surface area (Å²) in [7, 11) is 0. The second-order valence-corrected chi connectivity index (χ2v) is 2.54. The molecule has 0 bridgehead atoms. The molecular formula is C9H14N4. The molecule has 0 aliphatic carbocycles. The van der Waals surface area contributed by atoms with Crippen molar-refractivity contribution >= 4 is 5.82 Å². The van der Waals surface area contributed by atoms with Gasteiger partial charge in [0.2, 0.25) is 0 Å². The molecule has 0 aromatic carbocycles. The van der Waals surface area contributed by atoms with Gasteiger partial charge in [-0.25, -0.2) is 4.68 Å². The topological polar surface area (TPSA) is 42.7 Å². The number of hydrogen-bond acceptors (Lipinski definition) is 3. The normalized spacial score (nSPS) is 9.08. The molecule has 1 heterocycles. The third kappa shape index (κ3) is 2.79. The summed E-state index contributed by atoms with van der Waals surface area (Å²) in [5, 5.41) is 10.9. The van der Waals surface area contributed by atoms with Gasteiger partial charge in [0, 0.05) is 19.5 Å². The Morgan fingerprint density at radius 2 is 2.46 bits per heavy atom. The number of aryl methyl sites for hydroxylation is 1. The van der Waals surface area contributed by atoms with Gasteiger partial charge in [0.05, 0.1) is 6.20 Å². The lowest BCUT2D eigenvalue weighted by Crippen LogP contribution is -2.07.